The Morgan fingerprint density at radius 2 is 2.14 bits per heavy atom. The number of nitrogens with one attached hydrogen (secondary N) is 1. The van der Waals surface area contributed by atoms with E-state index < -0.39 is 0 Å². The summed E-state index contributed by atoms with van der Waals surface area (Å²) in [5, 5.41) is 0.638. The van der Waals surface area contributed by atoms with Gasteiger partial charge in [0.05, 0.1) is 35.8 Å². The van der Waals surface area contributed by atoms with Crippen LogP contribution in [0.2, 0.25) is 5.02 Å². The zero-order valence-corrected chi connectivity index (χ0v) is 15.8. The molecule has 1 unspecified atom stereocenters. The van der Waals surface area contributed by atoms with Crippen LogP contribution in [-0.2, 0) is 4.74 Å². The van der Waals surface area contributed by atoms with Gasteiger partial charge in [-0.3, -0.25) is 0 Å². The van der Waals surface area contributed by atoms with Crippen molar-refractivity contribution in [1.82, 2.24) is 0 Å². The number of benzene rings is 1. The molecule has 1 aliphatic heterocycles. The summed E-state index contributed by atoms with van der Waals surface area (Å²) in [7, 11) is 0. The largest absolute Gasteiger partial charge is 0.488 e. The van der Waals surface area contributed by atoms with Crippen LogP contribution in [0.3, 0.4) is 0 Å². The van der Waals surface area contributed by atoms with E-state index in [0.717, 1.165) is 29.1 Å². The number of aryl methyl sites for hydroxylation is 1. The number of piperidine rings is 1. The zero-order valence-electron chi connectivity index (χ0n) is 13.5. The Hall–Kier alpha value is -0.290. The molecule has 1 fully saturated rings. The Kier molecular flexibility index (Phi) is 7.48. The van der Waals surface area contributed by atoms with Crippen molar-refractivity contribution in [3.05, 3.63) is 27.2 Å². The lowest BCUT2D eigenvalue weighted by atomic mass is 10.0. The predicted molar refractivity (Wildman–Crippen MR) is 94.2 cm³/mol. The molecular weight excluding hydrogens is 366 g/mol. The van der Waals surface area contributed by atoms with Gasteiger partial charge in [-0.05, 0) is 53.4 Å². The smallest absolute Gasteiger partial charge is 0.152 e. The van der Waals surface area contributed by atoms with E-state index >= 15 is 0 Å². The van der Waals surface area contributed by atoms with E-state index in [2.05, 4.69) is 22.9 Å². The molecule has 1 aromatic carbocycles. The van der Waals surface area contributed by atoms with Crippen molar-refractivity contribution in [2.24, 2.45) is 5.92 Å². The van der Waals surface area contributed by atoms with Gasteiger partial charge in [-0.1, -0.05) is 18.5 Å². The maximum Gasteiger partial charge on any atom is 0.152 e. The van der Waals surface area contributed by atoms with Crippen molar-refractivity contribution in [2.45, 2.75) is 26.7 Å². The molecule has 2 rings (SSSR count). The fraction of sp³-hybridized carbons (Fsp3) is 0.647. The van der Waals surface area contributed by atoms with Crippen molar-refractivity contribution in [1.29, 1.82) is 0 Å². The number of quaternary nitrogens is 1. The minimum Gasteiger partial charge on any atom is -0.488 e. The van der Waals surface area contributed by atoms with E-state index in [9.17, 15) is 0 Å². The molecule has 3 nitrogen and oxygen atoms in total. The topological polar surface area (TPSA) is 22.9 Å². The standard InChI is InChI=1S/C17H25BrClNO2/c1-13-4-3-5-20(12-13)6-7-21-8-9-22-17-15(18)10-14(2)11-16(17)19/h10-11,13H,3-9,12H2,1-2H3/p+1/t13-/m1/s1. The molecule has 1 aromatic rings. The summed E-state index contributed by atoms with van der Waals surface area (Å²) in [4.78, 5) is 1.67. The minimum absolute atomic E-state index is 0.521. The highest BCUT2D eigenvalue weighted by Gasteiger charge is 2.18. The lowest BCUT2D eigenvalue weighted by Gasteiger charge is -2.27. The molecule has 0 spiro atoms. The molecule has 0 saturated carbocycles. The van der Waals surface area contributed by atoms with Crippen molar-refractivity contribution in [3.8, 4) is 5.75 Å². The minimum atomic E-state index is 0.521. The first-order chi connectivity index (χ1) is 10.6. The van der Waals surface area contributed by atoms with Crippen LogP contribution in [0.1, 0.15) is 25.3 Å². The van der Waals surface area contributed by atoms with Crippen molar-refractivity contribution in [3.63, 3.8) is 0 Å². The number of hydrogen-bond donors (Lipinski definition) is 1. The lowest BCUT2D eigenvalue weighted by Crippen LogP contribution is -3.14. The third-order valence-electron chi connectivity index (χ3n) is 4.08. The molecule has 0 amide bonds. The van der Waals surface area contributed by atoms with Gasteiger partial charge in [0.2, 0.25) is 0 Å². The Morgan fingerprint density at radius 3 is 2.86 bits per heavy atom. The SMILES string of the molecule is Cc1cc(Cl)c(OCCOCC[NH+]2CCC[C@@H](C)C2)c(Br)c1. The number of ether oxygens (including phenoxy) is 2. The second-order valence-electron chi connectivity index (χ2n) is 6.22. The highest BCUT2D eigenvalue weighted by molar-refractivity contribution is 9.10. The van der Waals surface area contributed by atoms with Gasteiger partial charge in [-0.25, -0.2) is 0 Å². The first kappa shape index (κ1) is 18.1. The Bertz CT molecular complexity index is 461. The zero-order chi connectivity index (χ0) is 15.9. The van der Waals surface area contributed by atoms with Gasteiger partial charge in [-0.15, -0.1) is 0 Å². The van der Waals surface area contributed by atoms with E-state index in [1.807, 2.05) is 19.1 Å². The molecule has 2 atom stereocenters. The van der Waals surface area contributed by atoms with Crippen molar-refractivity contribution >= 4 is 27.5 Å². The van der Waals surface area contributed by atoms with E-state index in [1.54, 1.807) is 4.90 Å². The van der Waals surface area contributed by atoms with E-state index in [-0.39, 0.29) is 0 Å². The maximum absolute atomic E-state index is 6.19. The summed E-state index contributed by atoms with van der Waals surface area (Å²) in [6, 6.07) is 3.91. The van der Waals surface area contributed by atoms with Crippen LogP contribution in [0.15, 0.2) is 16.6 Å². The average Bonchev–Trinajstić information content (AvgIpc) is 2.44. The Labute approximate surface area is 147 Å². The molecule has 0 bridgehead atoms. The molecular formula is C17H26BrClNO2+. The van der Waals surface area contributed by atoms with E-state index in [4.69, 9.17) is 21.1 Å². The van der Waals surface area contributed by atoms with Crippen LogP contribution in [0, 0.1) is 12.8 Å². The summed E-state index contributed by atoms with van der Waals surface area (Å²) in [6.07, 6.45) is 2.73. The molecule has 1 saturated heterocycles. The molecule has 1 heterocycles. The van der Waals surface area contributed by atoms with Crippen LogP contribution in [0.4, 0.5) is 0 Å². The first-order valence-corrected chi connectivity index (χ1v) is 9.23. The van der Waals surface area contributed by atoms with Crippen LogP contribution in [-0.4, -0.2) is 39.5 Å². The highest BCUT2D eigenvalue weighted by Crippen LogP contribution is 2.34. The second kappa shape index (κ2) is 9.11. The fourth-order valence-electron chi connectivity index (χ4n) is 2.97. The highest BCUT2D eigenvalue weighted by atomic mass is 79.9. The molecule has 0 aliphatic carbocycles. The van der Waals surface area contributed by atoms with Gasteiger partial charge in [-0.2, -0.15) is 0 Å². The van der Waals surface area contributed by atoms with E-state index in [0.29, 0.717) is 24.0 Å². The van der Waals surface area contributed by atoms with Gasteiger partial charge < -0.3 is 14.4 Å². The molecule has 124 valence electrons. The summed E-state index contributed by atoms with van der Waals surface area (Å²) in [5.41, 5.74) is 1.11. The third-order valence-corrected chi connectivity index (χ3v) is 4.95. The fourth-order valence-corrected chi connectivity index (χ4v) is 4.10. The molecule has 22 heavy (non-hydrogen) atoms. The molecule has 0 radical (unpaired) electrons. The van der Waals surface area contributed by atoms with Crippen LogP contribution < -0.4 is 9.64 Å². The van der Waals surface area contributed by atoms with Gasteiger partial charge in [0.1, 0.15) is 13.2 Å². The molecule has 0 aromatic heterocycles. The van der Waals surface area contributed by atoms with Crippen molar-refractivity contribution in [2.75, 3.05) is 39.5 Å². The molecule has 1 N–H and O–H groups in total. The monoisotopic (exact) mass is 390 g/mol. The van der Waals surface area contributed by atoms with Crippen molar-refractivity contribution < 1.29 is 14.4 Å². The number of hydrogen-bond acceptors (Lipinski definition) is 2. The Balaban J connectivity index is 1.61. The Morgan fingerprint density at radius 1 is 1.32 bits per heavy atom. The number of rotatable bonds is 7. The first-order valence-electron chi connectivity index (χ1n) is 8.06. The number of halogens is 2. The molecule has 1 aliphatic rings. The summed E-state index contributed by atoms with van der Waals surface area (Å²) >= 11 is 9.68. The lowest BCUT2D eigenvalue weighted by molar-refractivity contribution is -0.908. The van der Waals surface area contributed by atoms with Crippen LogP contribution in [0.25, 0.3) is 0 Å². The summed E-state index contributed by atoms with van der Waals surface area (Å²) in [6.45, 7) is 9.94. The summed E-state index contributed by atoms with van der Waals surface area (Å²) < 4.78 is 12.3. The van der Waals surface area contributed by atoms with Gasteiger partial charge in [0.25, 0.3) is 0 Å². The summed E-state index contributed by atoms with van der Waals surface area (Å²) in [5.74, 6) is 1.56. The van der Waals surface area contributed by atoms with Crippen LogP contribution >= 0.6 is 27.5 Å². The van der Waals surface area contributed by atoms with Crippen LogP contribution in [0.5, 0.6) is 5.75 Å². The maximum atomic E-state index is 6.19. The van der Waals surface area contributed by atoms with Gasteiger partial charge >= 0.3 is 0 Å². The second-order valence-corrected chi connectivity index (χ2v) is 7.48. The number of likely N-dealkylation sites (tertiary alicyclic amines) is 1. The van der Waals surface area contributed by atoms with Gasteiger partial charge in [0, 0.05) is 5.92 Å². The normalized spacial score (nSPS) is 21.8. The average molecular weight is 392 g/mol. The van der Waals surface area contributed by atoms with Gasteiger partial charge in [0.15, 0.2) is 5.75 Å². The van der Waals surface area contributed by atoms with E-state index in [1.165, 1.54) is 25.9 Å². The predicted octanol–water partition coefficient (Wildman–Crippen LogP) is 3.12. The molecule has 5 heteroatoms. The third kappa shape index (κ3) is 5.73. The quantitative estimate of drug-likeness (QED) is 0.722.